The number of sulfonamides is 1. The Bertz CT molecular complexity index is 1010. The van der Waals surface area contributed by atoms with Crippen LogP contribution in [-0.2, 0) is 10.0 Å². The Balaban J connectivity index is 1.93. The Kier molecular flexibility index (Phi) is 5.35. The van der Waals surface area contributed by atoms with Crippen molar-refractivity contribution in [2.45, 2.75) is 4.90 Å². The number of hydrogen-bond acceptors (Lipinski definition) is 4. The van der Waals surface area contributed by atoms with Crippen LogP contribution in [0.2, 0.25) is 5.02 Å². The lowest BCUT2D eigenvalue weighted by atomic mass is 10.3. The molecule has 26 heavy (non-hydrogen) atoms. The molecule has 0 unspecified atom stereocenters. The quantitative estimate of drug-likeness (QED) is 0.648. The van der Waals surface area contributed by atoms with Crippen molar-refractivity contribution < 1.29 is 17.9 Å². The van der Waals surface area contributed by atoms with E-state index in [4.69, 9.17) is 21.1 Å². The van der Waals surface area contributed by atoms with Crippen LogP contribution in [0.1, 0.15) is 0 Å². The Morgan fingerprint density at radius 1 is 0.885 bits per heavy atom. The molecule has 0 radical (unpaired) electrons. The second-order valence-electron chi connectivity index (χ2n) is 5.34. The Hall–Kier alpha value is -2.70. The molecule has 7 heteroatoms. The molecule has 1 N–H and O–H groups in total. The van der Waals surface area contributed by atoms with Gasteiger partial charge in [-0.2, -0.15) is 0 Å². The second kappa shape index (κ2) is 7.68. The van der Waals surface area contributed by atoms with Crippen LogP contribution in [-0.4, -0.2) is 15.5 Å². The monoisotopic (exact) mass is 389 g/mol. The summed E-state index contributed by atoms with van der Waals surface area (Å²) >= 11 is 6.03. The van der Waals surface area contributed by atoms with Gasteiger partial charge in [-0.15, -0.1) is 0 Å². The summed E-state index contributed by atoms with van der Waals surface area (Å²) in [5.41, 5.74) is 0.240. The lowest BCUT2D eigenvalue weighted by Gasteiger charge is -2.14. The highest BCUT2D eigenvalue weighted by atomic mass is 35.5. The van der Waals surface area contributed by atoms with Crippen LogP contribution in [0.15, 0.2) is 77.7 Å². The minimum absolute atomic E-state index is 0.146. The fourth-order valence-electron chi connectivity index (χ4n) is 2.27. The first-order valence-corrected chi connectivity index (χ1v) is 9.53. The summed E-state index contributed by atoms with van der Waals surface area (Å²) in [6.07, 6.45) is 0. The molecule has 0 fully saturated rings. The van der Waals surface area contributed by atoms with E-state index in [1.807, 2.05) is 0 Å². The van der Waals surface area contributed by atoms with Gasteiger partial charge in [0.15, 0.2) is 5.75 Å². The smallest absolute Gasteiger partial charge is 0.262 e. The van der Waals surface area contributed by atoms with Crippen LogP contribution in [0.5, 0.6) is 17.2 Å². The van der Waals surface area contributed by atoms with Gasteiger partial charge in [0.1, 0.15) is 11.5 Å². The standard InChI is InChI=1S/C19H16ClNO4S/c1-24-15-6-5-7-16(13-15)25-19-11-10-14(20)12-18(19)21-26(22,23)17-8-3-2-4-9-17/h2-13,21H,1H3. The van der Waals surface area contributed by atoms with Gasteiger partial charge in [0.25, 0.3) is 10.0 Å². The summed E-state index contributed by atoms with van der Waals surface area (Å²) in [7, 11) is -2.21. The first kappa shape index (κ1) is 18.1. The van der Waals surface area contributed by atoms with Gasteiger partial charge in [-0.3, -0.25) is 4.72 Å². The Labute approximate surface area is 157 Å². The number of nitrogens with one attached hydrogen (secondary N) is 1. The van der Waals surface area contributed by atoms with Crippen LogP contribution in [0.25, 0.3) is 0 Å². The number of hydrogen-bond donors (Lipinski definition) is 1. The predicted octanol–water partition coefficient (Wildman–Crippen LogP) is 4.94. The minimum atomic E-state index is -3.77. The molecule has 0 aliphatic rings. The molecule has 0 saturated heterocycles. The molecule has 134 valence electrons. The fraction of sp³-hybridized carbons (Fsp3) is 0.0526. The molecule has 0 aliphatic heterocycles. The Morgan fingerprint density at radius 2 is 1.62 bits per heavy atom. The van der Waals surface area contributed by atoms with Crippen molar-refractivity contribution in [3.8, 4) is 17.2 Å². The zero-order valence-electron chi connectivity index (χ0n) is 13.8. The first-order chi connectivity index (χ1) is 12.5. The fourth-order valence-corrected chi connectivity index (χ4v) is 3.52. The molecule has 0 amide bonds. The highest BCUT2D eigenvalue weighted by molar-refractivity contribution is 7.92. The molecule has 0 atom stereocenters. The van der Waals surface area contributed by atoms with Crippen molar-refractivity contribution in [2.75, 3.05) is 11.8 Å². The summed E-state index contributed by atoms with van der Waals surface area (Å²) in [4.78, 5) is 0.146. The SMILES string of the molecule is COc1cccc(Oc2ccc(Cl)cc2NS(=O)(=O)c2ccccc2)c1. The molecule has 0 aromatic heterocycles. The summed E-state index contributed by atoms with van der Waals surface area (Å²) in [5.74, 6) is 1.46. The van der Waals surface area contributed by atoms with Gasteiger partial charge < -0.3 is 9.47 Å². The van der Waals surface area contributed by atoms with Gasteiger partial charge in [0.05, 0.1) is 17.7 Å². The summed E-state index contributed by atoms with van der Waals surface area (Å²) < 4.78 is 38.7. The summed E-state index contributed by atoms with van der Waals surface area (Å²) in [6, 6.07) is 19.8. The molecule has 0 spiro atoms. The molecule has 3 rings (SSSR count). The van der Waals surface area contributed by atoms with E-state index in [1.54, 1.807) is 61.7 Å². The molecule has 0 saturated carbocycles. The van der Waals surface area contributed by atoms with Gasteiger partial charge in [-0.05, 0) is 42.5 Å². The van der Waals surface area contributed by atoms with E-state index in [-0.39, 0.29) is 10.6 Å². The average Bonchev–Trinajstić information content (AvgIpc) is 2.64. The maximum Gasteiger partial charge on any atom is 0.262 e. The first-order valence-electron chi connectivity index (χ1n) is 7.67. The van der Waals surface area contributed by atoms with E-state index in [0.717, 1.165) is 0 Å². The van der Waals surface area contributed by atoms with E-state index in [0.29, 0.717) is 22.3 Å². The molecule has 0 aliphatic carbocycles. The highest BCUT2D eigenvalue weighted by Crippen LogP contribution is 2.34. The van der Waals surface area contributed by atoms with Crippen molar-refractivity contribution in [3.05, 3.63) is 77.8 Å². The topological polar surface area (TPSA) is 64.6 Å². The third-order valence-corrected chi connectivity index (χ3v) is 5.12. The molecule has 3 aromatic carbocycles. The normalized spacial score (nSPS) is 11.0. The van der Waals surface area contributed by atoms with Crippen molar-refractivity contribution >= 4 is 27.3 Å². The molecular formula is C19H16ClNO4S. The van der Waals surface area contributed by atoms with Crippen LogP contribution in [0.4, 0.5) is 5.69 Å². The molecule has 5 nitrogen and oxygen atoms in total. The Morgan fingerprint density at radius 3 is 2.35 bits per heavy atom. The average molecular weight is 390 g/mol. The van der Waals surface area contributed by atoms with Crippen molar-refractivity contribution in [1.82, 2.24) is 0 Å². The third-order valence-electron chi connectivity index (χ3n) is 3.51. The number of benzene rings is 3. The lowest BCUT2D eigenvalue weighted by Crippen LogP contribution is -2.13. The van der Waals surface area contributed by atoms with Gasteiger partial charge in [0.2, 0.25) is 0 Å². The summed E-state index contributed by atoms with van der Waals surface area (Å²) in [5, 5.41) is 0.383. The maximum absolute atomic E-state index is 12.6. The van der Waals surface area contributed by atoms with Gasteiger partial charge >= 0.3 is 0 Å². The van der Waals surface area contributed by atoms with Crippen molar-refractivity contribution in [2.24, 2.45) is 0 Å². The molecule has 3 aromatic rings. The van der Waals surface area contributed by atoms with Crippen LogP contribution in [0, 0.1) is 0 Å². The molecule has 0 heterocycles. The van der Waals surface area contributed by atoms with Gasteiger partial charge in [0, 0.05) is 11.1 Å². The largest absolute Gasteiger partial charge is 0.497 e. The van der Waals surface area contributed by atoms with Crippen molar-refractivity contribution in [1.29, 1.82) is 0 Å². The number of rotatable bonds is 6. The lowest BCUT2D eigenvalue weighted by molar-refractivity contribution is 0.409. The molecular weight excluding hydrogens is 374 g/mol. The zero-order valence-corrected chi connectivity index (χ0v) is 15.4. The highest BCUT2D eigenvalue weighted by Gasteiger charge is 2.17. The van der Waals surface area contributed by atoms with E-state index >= 15 is 0 Å². The van der Waals surface area contributed by atoms with E-state index in [1.165, 1.54) is 18.2 Å². The summed E-state index contributed by atoms with van der Waals surface area (Å²) in [6.45, 7) is 0. The number of ether oxygens (including phenoxy) is 2. The second-order valence-corrected chi connectivity index (χ2v) is 7.46. The van der Waals surface area contributed by atoms with Crippen molar-refractivity contribution in [3.63, 3.8) is 0 Å². The number of methoxy groups -OCH3 is 1. The maximum atomic E-state index is 12.6. The van der Waals surface area contributed by atoms with Crippen LogP contribution >= 0.6 is 11.6 Å². The van der Waals surface area contributed by atoms with Gasteiger partial charge in [-0.25, -0.2) is 8.42 Å². The molecule has 0 bridgehead atoms. The van der Waals surface area contributed by atoms with E-state index < -0.39 is 10.0 Å². The zero-order chi connectivity index (χ0) is 18.6. The van der Waals surface area contributed by atoms with Gasteiger partial charge in [-0.1, -0.05) is 35.9 Å². The van der Waals surface area contributed by atoms with Crippen LogP contribution in [0.3, 0.4) is 0 Å². The van der Waals surface area contributed by atoms with E-state index in [2.05, 4.69) is 4.72 Å². The number of anilines is 1. The van der Waals surface area contributed by atoms with E-state index in [9.17, 15) is 8.42 Å². The van der Waals surface area contributed by atoms with Crippen LogP contribution < -0.4 is 14.2 Å². The number of halogens is 1. The predicted molar refractivity (Wildman–Crippen MR) is 102 cm³/mol. The third kappa shape index (κ3) is 4.28. The minimum Gasteiger partial charge on any atom is -0.497 e.